The average Bonchev–Trinajstić information content (AvgIpc) is 3.71. The van der Waals surface area contributed by atoms with Crippen molar-refractivity contribution in [1.82, 2.24) is 14.5 Å². The molecular formula is C38H35IrN3O-2. The third-order valence-electron chi connectivity index (χ3n) is 6.97. The van der Waals surface area contributed by atoms with Crippen molar-refractivity contribution in [1.29, 1.82) is 0 Å². The Hall–Kier alpha value is -4.31. The van der Waals surface area contributed by atoms with Gasteiger partial charge in [-0.15, -0.1) is 18.2 Å². The van der Waals surface area contributed by atoms with Gasteiger partial charge in [0.15, 0.2) is 0 Å². The topological polar surface area (TPSA) is 43.9 Å². The maximum absolute atomic E-state index is 5.97. The number of benzene rings is 4. The Kier molecular flexibility index (Phi) is 11.2. The van der Waals surface area contributed by atoms with Crippen LogP contribution in [-0.4, -0.2) is 14.5 Å². The van der Waals surface area contributed by atoms with Crippen LogP contribution in [0.25, 0.3) is 38.9 Å². The van der Waals surface area contributed by atoms with E-state index in [1.807, 2.05) is 97.6 Å². The summed E-state index contributed by atoms with van der Waals surface area (Å²) in [6.45, 7) is 8.94. The molecule has 0 saturated carbocycles. The molecule has 43 heavy (non-hydrogen) atoms. The molecule has 7 aromatic rings. The number of imidazole rings is 1. The van der Waals surface area contributed by atoms with E-state index >= 15 is 0 Å². The van der Waals surface area contributed by atoms with Gasteiger partial charge >= 0.3 is 0 Å². The van der Waals surface area contributed by atoms with Crippen LogP contribution in [0.3, 0.4) is 0 Å². The number of para-hydroxylation sites is 2. The Balaban J connectivity index is 0.000000163. The molecular weight excluding hydrogens is 707 g/mol. The summed E-state index contributed by atoms with van der Waals surface area (Å²) < 4.78 is 8.10. The van der Waals surface area contributed by atoms with Gasteiger partial charge in [-0.25, -0.2) is 4.98 Å². The van der Waals surface area contributed by atoms with Crippen molar-refractivity contribution in [3.63, 3.8) is 0 Å². The van der Waals surface area contributed by atoms with Gasteiger partial charge in [0.1, 0.15) is 5.58 Å². The summed E-state index contributed by atoms with van der Waals surface area (Å²) in [7, 11) is 0. The van der Waals surface area contributed by atoms with Crippen LogP contribution in [0.1, 0.15) is 50.7 Å². The third kappa shape index (κ3) is 7.56. The summed E-state index contributed by atoms with van der Waals surface area (Å²) in [4.78, 5) is 8.54. The summed E-state index contributed by atoms with van der Waals surface area (Å²) in [5.74, 6) is 1.04. The van der Waals surface area contributed by atoms with E-state index in [0.29, 0.717) is 11.8 Å². The van der Waals surface area contributed by atoms with Crippen molar-refractivity contribution in [3.05, 3.63) is 151 Å². The second-order valence-electron chi connectivity index (χ2n) is 10.6. The minimum Gasteiger partial charge on any atom is -0.501 e. The monoisotopic (exact) mass is 742 g/mol. The molecule has 0 saturated heterocycles. The molecule has 0 N–H and O–H groups in total. The van der Waals surface area contributed by atoms with E-state index < -0.39 is 0 Å². The molecule has 219 valence electrons. The molecule has 4 nitrogen and oxygen atoms in total. The zero-order chi connectivity index (χ0) is 29.3. The van der Waals surface area contributed by atoms with Crippen LogP contribution in [0.4, 0.5) is 0 Å². The van der Waals surface area contributed by atoms with Crippen LogP contribution < -0.4 is 0 Å². The first-order valence-electron chi connectivity index (χ1n) is 14.3. The van der Waals surface area contributed by atoms with Crippen molar-refractivity contribution >= 4 is 21.9 Å². The van der Waals surface area contributed by atoms with E-state index in [1.165, 1.54) is 16.8 Å². The van der Waals surface area contributed by atoms with Gasteiger partial charge < -0.3 is 14.0 Å². The fraction of sp³-hybridized carbons (Fsp3) is 0.158. The second-order valence-corrected chi connectivity index (χ2v) is 10.6. The molecule has 3 heterocycles. The number of hydrogen-bond acceptors (Lipinski definition) is 3. The summed E-state index contributed by atoms with van der Waals surface area (Å²) in [6.07, 6.45) is 7.52. The predicted octanol–water partition coefficient (Wildman–Crippen LogP) is 10.1. The normalized spacial score (nSPS) is 10.6. The quantitative estimate of drug-likeness (QED) is 0.169. The fourth-order valence-corrected chi connectivity index (χ4v) is 4.93. The van der Waals surface area contributed by atoms with Gasteiger partial charge in [0.25, 0.3) is 0 Å². The molecule has 0 aliphatic heterocycles. The van der Waals surface area contributed by atoms with E-state index in [1.54, 1.807) is 6.20 Å². The number of hydrogen-bond donors (Lipinski definition) is 0. The minimum absolute atomic E-state index is 0. The Morgan fingerprint density at radius 3 is 2.00 bits per heavy atom. The molecule has 3 aromatic heterocycles. The maximum Gasteiger partial charge on any atom is 0.120 e. The van der Waals surface area contributed by atoms with Crippen molar-refractivity contribution in [2.24, 2.45) is 0 Å². The molecule has 4 aromatic carbocycles. The van der Waals surface area contributed by atoms with Gasteiger partial charge in [0.2, 0.25) is 0 Å². The molecule has 0 amide bonds. The average molecular weight is 742 g/mol. The molecule has 1 radical (unpaired) electrons. The number of rotatable bonds is 4. The third-order valence-corrected chi connectivity index (χ3v) is 6.97. The van der Waals surface area contributed by atoms with Gasteiger partial charge in [-0.05, 0) is 40.8 Å². The number of nitrogens with zero attached hydrogens (tertiary/aromatic N) is 3. The van der Waals surface area contributed by atoms with Gasteiger partial charge in [0, 0.05) is 44.1 Å². The number of fused-ring (bicyclic) bond motifs is 3. The zero-order valence-corrected chi connectivity index (χ0v) is 27.3. The van der Waals surface area contributed by atoms with Crippen LogP contribution in [0, 0.1) is 12.1 Å². The smallest absolute Gasteiger partial charge is 0.120 e. The van der Waals surface area contributed by atoms with Gasteiger partial charge in [-0.2, -0.15) is 36.4 Å². The van der Waals surface area contributed by atoms with Gasteiger partial charge in [-0.3, -0.25) is 0 Å². The van der Waals surface area contributed by atoms with Crippen LogP contribution in [0.2, 0.25) is 0 Å². The Labute approximate surface area is 267 Å². The molecule has 0 atom stereocenters. The summed E-state index contributed by atoms with van der Waals surface area (Å²) >= 11 is 0. The zero-order valence-electron chi connectivity index (χ0n) is 24.9. The number of furan rings is 1. The number of pyridine rings is 1. The molecule has 0 spiro atoms. The Morgan fingerprint density at radius 2 is 1.42 bits per heavy atom. The van der Waals surface area contributed by atoms with E-state index in [9.17, 15) is 0 Å². The van der Waals surface area contributed by atoms with Crippen molar-refractivity contribution in [2.45, 2.75) is 39.5 Å². The van der Waals surface area contributed by atoms with Crippen molar-refractivity contribution in [3.8, 4) is 16.9 Å². The molecule has 0 aliphatic rings. The summed E-state index contributed by atoms with van der Waals surface area (Å²) in [5.41, 5.74) is 7.61. The first-order valence-corrected chi connectivity index (χ1v) is 14.3. The Bertz CT molecular complexity index is 1770. The van der Waals surface area contributed by atoms with Gasteiger partial charge in [-0.1, -0.05) is 87.2 Å². The van der Waals surface area contributed by atoms with Crippen molar-refractivity contribution < 1.29 is 24.5 Å². The Morgan fingerprint density at radius 1 is 0.698 bits per heavy atom. The molecule has 0 unspecified atom stereocenters. The molecule has 0 bridgehead atoms. The number of aromatic nitrogens is 3. The van der Waals surface area contributed by atoms with Crippen LogP contribution in [-0.2, 0) is 20.1 Å². The summed E-state index contributed by atoms with van der Waals surface area (Å²) in [6, 6.07) is 40.2. The molecule has 0 fully saturated rings. The minimum atomic E-state index is 0. The molecule has 0 aliphatic carbocycles. The SMILES string of the molecule is CC(C)c1cccc(C(C)C)c1-n1ccnc1.[Ir].[c-]1ccc2c(oc3ccccc32)c1-c1ccccn1.[c-]1ccccc1. The maximum atomic E-state index is 5.97. The van der Waals surface area contributed by atoms with E-state index in [-0.39, 0.29) is 20.1 Å². The van der Waals surface area contributed by atoms with E-state index in [0.717, 1.165) is 33.2 Å². The fourth-order valence-electron chi connectivity index (χ4n) is 4.93. The largest absolute Gasteiger partial charge is 0.501 e. The predicted molar refractivity (Wildman–Crippen MR) is 173 cm³/mol. The standard InChI is InChI=1S/C17H10NO.C15H20N2.C6H5.Ir/c1-2-10-16-12(6-1)13-7-5-8-14(17(13)19-16)15-9-3-4-11-18-15;1-11(2)13-6-5-7-14(12(3)4)15(13)17-9-8-16-10-17;1-2-4-6-5-3-1;/h1-7,9-11H;5-12H,1-4H3;1-5H;/q-1;;-1;. The summed E-state index contributed by atoms with van der Waals surface area (Å²) in [5, 5.41) is 2.23. The molecule has 7 rings (SSSR count). The first-order chi connectivity index (χ1) is 20.5. The van der Waals surface area contributed by atoms with Crippen LogP contribution in [0.5, 0.6) is 0 Å². The first kappa shape index (κ1) is 31.6. The van der Waals surface area contributed by atoms with Crippen LogP contribution >= 0.6 is 0 Å². The second kappa shape index (κ2) is 15.2. The molecule has 5 heteroatoms. The van der Waals surface area contributed by atoms with Crippen molar-refractivity contribution in [2.75, 3.05) is 0 Å². The van der Waals surface area contributed by atoms with Gasteiger partial charge in [0.05, 0.1) is 17.6 Å². The van der Waals surface area contributed by atoms with E-state index in [4.69, 9.17) is 4.42 Å². The van der Waals surface area contributed by atoms with E-state index in [2.05, 4.69) is 78.6 Å². The van der Waals surface area contributed by atoms with Crippen LogP contribution in [0.15, 0.2) is 132 Å².